The molecule has 0 aromatic carbocycles. The molecule has 0 saturated carbocycles. The van der Waals surface area contributed by atoms with Crippen LogP contribution < -0.4 is 10.5 Å². The highest BCUT2D eigenvalue weighted by molar-refractivity contribution is 5.25. The highest BCUT2D eigenvalue weighted by Crippen LogP contribution is 2.27. The fraction of sp³-hybridized carbons (Fsp3) is 0.500. The second-order valence-electron chi connectivity index (χ2n) is 3.31. The number of halogens is 3. The van der Waals surface area contributed by atoms with Crippen LogP contribution in [0.5, 0.6) is 5.75 Å². The van der Waals surface area contributed by atoms with Crippen LogP contribution in [0.2, 0.25) is 0 Å². The number of aromatic nitrogens is 1. The smallest absolute Gasteiger partial charge is 0.425 e. The van der Waals surface area contributed by atoms with Gasteiger partial charge in [-0.2, -0.15) is 13.2 Å². The third kappa shape index (κ3) is 3.37. The molecule has 0 radical (unpaired) electrons. The first-order chi connectivity index (χ1) is 7.45. The van der Waals surface area contributed by atoms with E-state index in [0.29, 0.717) is 5.69 Å². The van der Waals surface area contributed by atoms with Gasteiger partial charge >= 0.3 is 6.18 Å². The number of nitrogens with zero attached hydrogens (tertiary/aromatic N) is 1. The molecular weight excluding hydrogens is 221 g/mol. The van der Waals surface area contributed by atoms with Gasteiger partial charge in [0.15, 0.2) is 6.10 Å². The highest BCUT2D eigenvalue weighted by Gasteiger charge is 2.41. The molecule has 0 spiro atoms. The average molecular weight is 234 g/mol. The van der Waals surface area contributed by atoms with E-state index in [1.165, 1.54) is 18.3 Å². The first-order valence-corrected chi connectivity index (χ1v) is 4.80. The lowest BCUT2D eigenvalue weighted by atomic mass is 10.2. The predicted octanol–water partition coefficient (Wildman–Crippen LogP) is 2.05. The molecule has 3 nitrogen and oxygen atoms in total. The summed E-state index contributed by atoms with van der Waals surface area (Å²) in [5.41, 5.74) is 5.55. The van der Waals surface area contributed by atoms with Crippen LogP contribution in [-0.2, 0) is 0 Å². The second-order valence-corrected chi connectivity index (χ2v) is 3.31. The lowest BCUT2D eigenvalue weighted by Crippen LogP contribution is -2.36. The molecule has 0 bridgehead atoms. The summed E-state index contributed by atoms with van der Waals surface area (Å²) in [5, 5.41) is 0. The summed E-state index contributed by atoms with van der Waals surface area (Å²) >= 11 is 0. The number of pyridine rings is 1. The van der Waals surface area contributed by atoms with Crippen LogP contribution in [0, 0.1) is 6.92 Å². The van der Waals surface area contributed by atoms with Crippen molar-refractivity contribution in [1.82, 2.24) is 4.98 Å². The maximum atomic E-state index is 12.5. The van der Waals surface area contributed by atoms with Crippen LogP contribution >= 0.6 is 0 Å². The third-order valence-corrected chi connectivity index (χ3v) is 2.02. The number of hydrogen-bond acceptors (Lipinski definition) is 3. The monoisotopic (exact) mass is 234 g/mol. The molecule has 0 saturated heterocycles. The minimum atomic E-state index is -4.42. The Morgan fingerprint density at radius 1 is 1.50 bits per heavy atom. The molecule has 1 unspecified atom stereocenters. The number of ether oxygens (including phenoxy) is 1. The zero-order valence-corrected chi connectivity index (χ0v) is 8.79. The zero-order chi connectivity index (χ0) is 12.2. The van der Waals surface area contributed by atoms with Gasteiger partial charge < -0.3 is 10.5 Å². The summed E-state index contributed by atoms with van der Waals surface area (Å²) in [5.74, 6) is 0.137. The molecule has 0 amide bonds. The van der Waals surface area contributed by atoms with Gasteiger partial charge in [0.25, 0.3) is 0 Å². The largest absolute Gasteiger partial charge is 0.479 e. The van der Waals surface area contributed by atoms with Gasteiger partial charge in [0.05, 0.1) is 5.69 Å². The Morgan fingerprint density at radius 3 is 2.69 bits per heavy atom. The Kier molecular flexibility index (Phi) is 4.12. The molecule has 2 N–H and O–H groups in total. The first kappa shape index (κ1) is 12.8. The minimum absolute atomic E-state index is 0.0799. The molecule has 90 valence electrons. The molecule has 0 aliphatic heterocycles. The molecule has 1 aromatic rings. The van der Waals surface area contributed by atoms with E-state index in [0.717, 1.165) is 0 Å². The quantitative estimate of drug-likeness (QED) is 0.867. The van der Waals surface area contributed by atoms with Crippen LogP contribution in [-0.4, -0.2) is 23.8 Å². The number of nitrogens with two attached hydrogens (primary N) is 1. The Balaban J connectivity index is 2.80. The molecule has 1 rings (SSSR count). The Morgan fingerprint density at radius 2 is 2.19 bits per heavy atom. The van der Waals surface area contributed by atoms with Gasteiger partial charge in [0.2, 0.25) is 0 Å². The van der Waals surface area contributed by atoms with Crippen LogP contribution in [0.25, 0.3) is 0 Å². The highest BCUT2D eigenvalue weighted by atomic mass is 19.4. The van der Waals surface area contributed by atoms with E-state index < -0.39 is 12.3 Å². The van der Waals surface area contributed by atoms with Crippen molar-refractivity contribution >= 4 is 0 Å². The third-order valence-electron chi connectivity index (χ3n) is 2.02. The summed E-state index contributed by atoms with van der Waals surface area (Å²) < 4.78 is 42.5. The van der Waals surface area contributed by atoms with Crippen molar-refractivity contribution < 1.29 is 17.9 Å². The molecule has 6 heteroatoms. The standard InChI is InChI=1S/C10H13F3N2O/c1-7-8(3-2-6-15-7)16-9(4-5-14)10(11,12)13/h2-3,6,9H,4-5,14H2,1H3. The Hall–Kier alpha value is -1.30. The second kappa shape index (κ2) is 5.16. The lowest BCUT2D eigenvalue weighted by molar-refractivity contribution is -0.196. The van der Waals surface area contributed by atoms with Crippen LogP contribution in [0.15, 0.2) is 18.3 Å². The van der Waals surface area contributed by atoms with Crippen molar-refractivity contribution in [3.8, 4) is 5.75 Å². The Labute approximate surface area is 91.4 Å². The van der Waals surface area contributed by atoms with Crippen LogP contribution in [0.3, 0.4) is 0 Å². The summed E-state index contributed by atoms with van der Waals surface area (Å²) in [4.78, 5) is 3.85. The summed E-state index contributed by atoms with van der Waals surface area (Å²) in [6, 6.07) is 2.98. The number of alkyl halides is 3. The molecule has 1 atom stereocenters. The van der Waals surface area contributed by atoms with Gasteiger partial charge in [-0.15, -0.1) is 0 Å². The maximum Gasteiger partial charge on any atom is 0.425 e. The number of aryl methyl sites for hydroxylation is 1. The fourth-order valence-electron chi connectivity index (χ4n) is 1.19. The Bertz CT molecular complexity index is 341. The SMILES string of the molecule is Cc1ncccc1OC(CCN)C(F)(F)F. The van der Waals surface area contributed by atoms with E-state index >= 15 is 0 Å². The van der Waals surface area contributed by atoms with E-state index in [9.17, 15) is 13.2 Å². The van der Waals surface area contributed by atoms with Crippen molar-refractivity contribution in [2.75, 3.05) is 6.54 Å². The van der Waals surface area contributed by atoms with Crippen molar-refractivity contribution in [1.29, 1.82) is 0 Å². The molecule has 1 heterocycles. The minimum Gasteiger partial charge on any atom is -0.479 e. The van der Waals surface area contributed by atoms with Crippen LogP contribution in [0.4, 0.5) is 13.2 Å². The number of rotatable bonds is 4. The summed E-state index contributed by atoms with van der Waals surface area (Å²) in [7, 11) is 0. The van der Waals surface area contributed by atoms with E-state index in [4.69, 9.17) is 10.5 Å². The fourth-order valence-corrected chi connectivity index (χ4v) is 1.19. The predicted molar refractivity (Wildman–Crippen MR) is 53.1 cm³/mol. The van der Waals surface area contributed by atoms with Gasteiger partial charge in [-0.05, 0) is 25.6 Å². The van der Waals surface area contributed by atoms with Crippen molar-refractivity contribution in [2.24, 2.45) is 5.73 Å². The molecule has 0 aliphatic carbocycles. The van der Waals surface area contributed by atoms with E-state index in [-0.39, 0.29) is 18.7 Å². The molecular formula is C10H13F3N2O. The van der Waals surface area contributed by atoms with Gasteiger partial charge in [0.1, 0.15) is 5.75 Å². The molecule has 0 aliphatic rings. The normalized spacial score (nSPS) is 13.6. The molecule has 0 fully saturated rings. The van der Waals surface area contributed by atoms with Gasteiger partial charge in [-0.25, -0.2) is 0 Å². The average Bonchev–Trinajstić information content (AvgIpc) is 2.19. The van der Waals surface area contributed by atoms with Crippen LogP contribution in [0.1, 0.15) is 12.1 Å². The van der Waals surface area contributed by atoms with Gasteiger partial charge in [-0.3, -0.25) is 4.98 Å². The summed E-state index contributed by atoms with van der Waals surface area (Å²) in [6.07, 6.45) is -5.06. The number of hydrogen-bond donors (Lipinski definition) is 1. The molecule has 1 aromatic heterocycles. The van der Waals surface area contributed by atoms with Crippen molar-refractivity contribution in [3.63, 3.8) is 0 Å². The maximum absolute atomic E-state index is 12.5. The topological polar surface area (TPSA) is 48.1 Å². The summed E-state index contributed by atoms with van der Waals surface area (Å²) in [6.45, 7) is 1.51. The van der Waals surface area contributed by atoms with E-state index in [1.54, 1.807) is 6.92 Å². The van der Waals surface area contributed by atoms with E-state index in [2.05, 4.69) is 4.98 Å². The lowest BCUT2D eigenvalue weighted by Gasteiger charge is -2.21. The van der Waals surface area contributed by atoms with Gasteiger partial charge in [0, 0.05) is 12.6 Å². The van der Waals surface area contributed by atoms with Crippen molar-refractivity contribution in [2.45, 2.75) is 25.6 Å². The van der Waals surface area contributed by atoms with Gasteiger partial charge in [-0.1, -0.05) is 0 Å². The zero-order valence-electron chi connectivity index (χ0n) is 8.79. The van der Waals surface area contributed by atoms with Crippen molar-refractivity contribution in [3.05, 3.63) is 24.0 Å². The first-order valence-electron chi connectivity index (χ1n) is 4.80. The molecule has 16 heavy (non-hydrogen) atoms. The van der Waals surface area contributed by atoms with E-state index in [1.807, 2.05) is 0 Å².